The van der Waals surface area contributed by atoms with Crippen LogP contribution in [0.2, 0.25) is 0 Å². The average molecular weight is 286 g/mol. The number of hydrogen-bond donors (Lipinski definition) is 2. The molecule has 108 valence electrons. The highest BCUT2D eigenvalue weighted by atomic mass is 19.1. The first kappa shape index (κ1) is 14.7. The van der Waals surface area contributed by atoms with E-state index >= 15 is 0 Å². The second-order valence-electron chi connectivity index (χ2n) is 4.47. The van der Waals surface area contributed by atoms with Crippen molar-refractivity contribution in [3.8, 4) is 0 Å². The molecule has 0 fully saturated rings. The van der Waals surface area contributed by atoms with Crippen LogP contribution < -0.4 is 10.6 Å². The summed E-state index contributed by atoms with van der Waals surface area (Å²) in [4.78, 5) is 23.4. The molecule has 0 aliphatic rings. The van der Waals surface area contributed by atoms with Gasteiger partial charge in [0.25, 0.3) is 0 Å². The molecule has 2 N–H and O–H groups in total. The zero-order valence-corrected chi connectivity index (χ0v) is 11.5. The maximum absolute atomic E-state index is 13.0. The molecule has 2 rings (SSSR count). The molecule has 0 heterocycles. The number of halogens is 1. The predicted molar refractivity (Wildman–Crippen MR) is 79.5 cm³/mol. The minimum Gasteiger partial charge on any atom is -0.318 e. The highest BCUT2D eigenvalue weighted by Gasteiger charge is 2.14. The third-order valence-electron chi connectivity index (χ3n) is 2.91. The third kappa shape index (κ3) is 4.14. The Kier molecular flexibility index (Phi) is 4.66. The second kappa shape index (κ2) is 6.65. The van der Waals surface area contributed by atoms with E-state index < -0.39 is 17.6 Å². The van der Waals surface area contributed by atoms with Gasteiger partial charge in [0, 0.05) is 11.4 Å². The number of anilines is 2. The maximum Gasteiger partial charge on any atom is 0.314 e. The van der Waals surface area contributed by atoms with Crippen LogP contribution in [0.3, 0.4) is 0 Å². The molecule has 0 aliphatic carbocycles. The summed E-state index contributed by atoms with van der Waals surface area (Å²) in [6.45, 7) is 2.03. The SMILES string of the molecule is CCc1ccc(NC(=O)C(=O)Nc2cccc(F)c2)cc1. The molecule has 0 unspecified atom stereocenters. The highest BCUT2D eigenvalue weighted by Crippen LogP contribution is 2.11. The zero-order valence-electron chi connectivity index (χ0n) is 11.5. The summed E-state index contributed by atoms with van der Waals surface area (Å²) in [5, 5.41) is 4.82. The number of hydrogen-bond acceptors (Lipinski definition) is 2. The standard InChI is InChI=1S/C16H15FN2O2/c1-2-11-6-8-13(9-7-11)18-15(20)16(21)19-14-5-3-4-12(17)10-14/h3-10H,2H2,1H3,(H,18,20)(H,19,21). The Bertz CT molecular complexity index is 654. The monoisotopic (exact) mass is 286 g/mol. The van der Waals surface area contributed by atoms with E-state index in [1.165, 1.54) is 18.2 Å². The van der Waals surface area contributed by atoms with Gasteiger partial charge >= 0.3 is 11.8 Å². The van der Waals surface area contributed by atoms with Gasteiger partial charge in [0.1, 0.15) is 5.82 Å². The molecule has 2 aromatic rings. The Morgan fingerprint density at radius 3 is 2.14 bits per heavy atom. The van der Waals surface area contributed by atoms with Gasteiger partial charge in [0.05, 0.1) is 0 Å². The molecule has 2 aromatic carbocycles. The molecule has 0 aromatic heterocycles. The van der Waals surface area contributed by atoms with E-state index in [9.17, 15) is 14.0 Å². The summed E-state index contributed by atoms with van der Waals surface area (Å²) in [6.07, 6.45) is 0.897. The molecule has 0 bridgehead atoms. The number of aryl methyl sites for hydroxylation is 1. The lowest BCUT2D eigenvalue weighted by Gasteiger charge is -2.07. The number of carbonyl (C=O) groups is 2. The van der Waals surface area contributed by atoms with Crippen molar-refractivity contribution in [2.45, 2.75) is 13.3 Å². The molecule has 0 saturated heterocycles. The molecule has 2 amide bonds. The summed E-state index contributed by atoms with van der Waals surface area (Å²) < 4.78 is 13.0. The Balaban J connectivity index is 1.97. The van der Waals surface area contributed by atoms with Crippen LogP contribution in [0.4, 0.5) is 15.8 Å². The van der Waals surface area contributed by atoms with Crippen LogP contribution in [-0.2, 0) is 16.0 Å². The number of carbonyl (C=O) groups excluding carboxylic acids is 2. The van der Waals surface area contributed by atoms with Crippen molar-refractivity contribution < 1.29 is 14.0 Å². The van der Waals surface area contributed by atoms with E-state index in [-0.39, 0.29) is 5.69 Å². The van der Waals surface area contributed by atoms with E-state index in [4.69, 9.17) is 0 Å². The molecule has 0 saturated carbocycles. The Hall–Kier alpha value is -2.69. The van der Waals surface area contributed by atoms with Crippen LogP contribution in [0, 0.1) is 5.82 Å². The van der Waals surface area contributed by atoms with Gasteiger partial charge in [-0.3, -0.25) is 9.59 Å². The predicted octanol–water partition coefficient (Wildman–Crippen LogP) is 2.97. The first-order chi connectivity index (χ1) is 10.1. The summed E-state index contributed by atoms with van der Waals surface area (Å²) >= 11 is 0. The first-order valence-electron chi connectivity index (χ1n) is 6.55. The van der Waals surface area contributed by atoms with Crippen LogP contribution in [0.25, 0.3) is 0 Å². The van der Waals surface area contributed by atoms with Crippen molar-refractivity contribution in [3.63, 3.8) is 0 Å². The van der Waals surface area contributed by atoms with Gasteiger partial charge < -0.3 is 10.6 Å². The van der Waals surface area contributed by atoms with E-state index in [1.807, 2.05) is 19.1 Å². The average Bonchev–Trinajstić information content (AvgIpc) is 2.48. The van der Waals surface area contributed by atoms with E-state index in [2.05, 4.69) is 10.6 Å². The highest BCUT2D eigenvalue weighted by molar-refractivity contribution is 6.43. The van der Waals surface area contributed by atoms with E-state index in [0.29, 0.717) is 5.69 Å². The minimum absolute atomic E-state index is 0.233. The summed E-state index contributed by atoms with van der Waals surface area (Å²) in [6, 6.07) is 12.6. The van der Waals surface area contributed by atoms with Crippen LogP contribution >= 0.6 is 0 Å². The van der Waals surface area contributed by atoms with Crippen LogP contribution in [0.1, 0.15) is 12.5 Å². The van der Waals surface area contributed by atoms with Gasteiger partial charge in [0.15, 0.2) is 0 Å². The van der Waals surface area contributed by atoms with Gasteiger partial charge in [-0.25, -0.2) is 4.39 Å². The molecule has 4 nitrogen and oxygen atoms in total. The fourth-order valence-corrected chi connectivity index (χ4v) is 1.77. The molecule has 0 spiro atoms. The van der Waals surface area contributed by atoms with Crippen molar-refractivity contribution in [1.29, 1.82) is 0 Å². The van der Waals surface area contributed by atoms with E-state index in [0.717, 1.165) is 18.1 Å². The van der Waals surface area contributed by atoms with Gasteiger partial charge in [-0.15, -0.1) is 0 Å². The normalized spacial score (nSPS) is 10.0. The molecule has 0 radical (unpaired) electrons. The van der Waals surface area contributed by atoms with Crippen molar-refractivity contribution >= 4 is 23.2 Å². The van der Waals surface area contributed by atoms with Crippen molar-refractivity contribution in [1.82, 2.24) is 0 Å². The fourth-order valence-electron chi connectivity index (χ4n) is 1.77. The second-order valence-corrected chi connectivity index (χ2v) is 4.47. The molecular formula is C16H15FN2O2. The molecule has 0 aliphatic heterocycles. The third-order valence-corrected chi connectivity index (χ3v) is 2.91. The minimum atomic E-state index is -0.847. The smallest absolute Gasteiger partial charge is 0.314 e. The van der Waals surface area contributed by atoms with Gasteiger partial charge in [-0.05, 0) is 42.3 Å². The number of benzene rings is 2. The number of nitrogens with one attached hydrogen (secondary N) is 2. The topological polar surface area (TPSA) is 58.2 Å². The van der Waals surface area contributed by atoms with Crippen LogP contribution in [0.5, 0.6) is 0 Å². The number of amides is 2. The lowest BCUT2D eigenvalue weighted by molar-refractivity contribution is -0.133. The van der Waals surface area contributed by atoms with Crippen LogP contribution in [-0.4, -0.2) is 11.8 Å². The molecule has 5 heteroatoms. The summed E-state index contributed by atoms with van der Waals surface area (Å²) in [5.41, 5.74) is 1.90. The zero-order chi connectivity index (χ0) is 15.2. The quantitative estimate of drug-likeness (QED) is 0.852. The first-order valence-corrected chi connectivity index (χ1v) is 6.55. The van der Waals surface area contributed by atoms with E-state index in [1.54, 1.807) is 12.1 Å². The lowest BCUT2D eigenvalue weighted by Crippen LogP contribution is -2.29. The summed E-state index contributed by atoms with van der Waals surface area (Å²) in [7, 11) is 0. The summed E-state index contributed by atoms with van der Waals surface area (Å²) in [5.74, 6) is -2.13. The van der Waals surface area contributed by atoms with Crippen LogP contribution in [0.15, 0.2) is 48.5 Å². The van der Waals surface area contributed by atoms with Gasteiger partial charge in [-0.2, -0.15) is 0 Å². The lowest BCUT2D eigenvalue weighted by atomic mass is 10.1. The maximum atomic E-state index is 13.0. The van der Waals surface area contributed by atoms with Crippen molar-refractivity contribution in [3.05, 3.63) is 59.9 Å². The Labute approximate surface area is 122 Å². The number of rotatable bonds is 3. The Morgan fingerprint density at radius 1 is 0.952 bits per heavy atom. The largest absolute Gasteiger partial charge is 0.318 e. The van der Waals surface area contributed by atoms with Crippen molar-refractivity contribution in [2.75, 3.05) is 10.6 Å². The van der Waals surface area contributed by atoms with Gasteiger partial charge in [0.2, 0.25) is 0 Å². The van der Waals surface area contributed by atoms with Crippen molar-refractivity contribution in [2.24, 2.45) is 0 Å². The molecule has 21 heavy (non-hydrogen) atoms. The fraction of sp³-hybridized carbons (Fsp3) is 0.125. The molecular weight excluding hydrogens is 271 g/mol. The molecule has 0 atom stereocenters. The van der Waals surface area contributed by atoms with Gasteiger partial charge in [-0.1, -0.05) is 25.1 Å². The Morgan fingerprint density at radius 2 is 1.57 bits per heavy atom.